The van der Waals surface area contributed by atoms with Crippen molar-refractivity contribution in [2.24, 2.45) is 0 Å². The second-order valence-electron chi connectivity index (χ2n) is 7.08. The molecule has 3 rings (SSSR count). The zero-order chi connectivity index (χ0) is 16.9. The molecule has 1 saturated carbocycles. The van der Waals surface area contributed by atoms with Gasteiger partial charge < -0.3 is 0 Å². The van der Waals surface area contributed by atoms with E-state index in [4.69, 9.17) is 0 Å². The van der Waals surface area contributed by atoms with Crippen molar-refractivity contribution in [3.8, 4) is 0 Å². The van der Waals surface area contributed by atoms with Crippen molar-refractivity contribution >= 4 is 23.7 Å². The van der Waals surface area contributed by atoms with Crippen LogP contribution in [0.15, 0.2) is 65.6 Å². The van der Waals surface area contributed by atoms with Crippen LogP contribution in [-0.2, 0) is 19.4 Å². The first kappa shape index (κ1) is 16.1. The van der Waals surface area contributed by atoms with Crippen molar-refractivity contribution in [2.45, 2.75) is 34.8 Å². The lowest BCUT2D eigenvalue weighted by atomic mass is 10.1. The monoisotopic (exact) mass is 344 g/mol. The maximum absolute atomic E-state index is 13.4. The lowest BCUT2D eigenvalue weighted by molar-refractivity contribution is -0.110. The molecule has 2 aromatic rings. The van der Waals surface area contributed by atoms with Gasteiger partial charge in [-0.05, 0) is 17.7 Å². The number of hydrogen-bond acceptors (Lipinski definition) is 3. The molecule has 1 aliphatic carbocycles. The Labute approximate surface area is 138 Å². The molecule has 2 unspecified atom stereocenters. The standard InChI is InChI=1S/C18H20O3SSi/c1-23(2,3)17-16(19)18(17,14-10-6-4-7-11-14)22(20,21)15-12-8-5-9-13-15/h4-13,17H,1-3H3. The minimum atomic E-state index is -3.78. The fraction of sp³-hybridized carbons (Fsp3) is 0.278. The van der Waals surface area contributed by atoms with Crippen LogP contribution in [0.25, 0.3) is 0 Å². The molecule has 120 valence electrons. The SMILES string of the molecule is C[Si](C)(C)C1C(=O)C1(c1ccccc1)S(=O)(=O)c1ccccc1. The van der Waals surface area contributed by atoms with E-state index in [1.165, 1.54) is 0 Å². The highest BCUT2D eigenvalue weighted by Crippen LogP contribution is 2.64. The third-order valence-corrected chi connectivity index (χ3v) is 9.55. The molecule has 0 heterocycles. The van der Waals surface area contributed by atoms with Gasteiger partial charge in [-0.15, -0.1) is 0 Å². The molecular weight excluding hydrogens is 324 g/mol. The Morgan fingerprint density at radius 2 is 1.35 bits per heavy atom. The quantitative estimate of drug-likeness (QED) is 0.796. The maximum atomic E-state index is 13.4. The second kappa shape index (κ2) is 5.14. The van der Waals surface area contributed by atoms with Gasteiger partial charge in [0.1, 0.15) is 0 Å². The summed E-state index contributed by atoms with van der Waals surface area (Å²) < 4.78 is 25.4. The molecular formula is C18H20O3SSi. The van der Waals surface area contributed by atoms with E-state index in [-0.39, 0.29) is 10.7 Å². The number of benzene rings is 2. The fourth-order valence-electron chi connectivity index (χ4n) is 3.51. The molecule has 1 fully saturated rings. The van der Waals surface area contributed by atoms with E-state index < -0.39 is 28.2 Å². The molecule has 5 heteroatoms. The van der Waals surface area contributed by atoms with E-state index in [0.29, 0.717) is 5.56 Å². The lowest BCUT2D eigenvalue weighted by Crippen LogP contribution is -2.31. The van der Waals surface area contributed by atoms with Crippen molar-refractivity contribution in [3.63, 3.8) is 0 Å². The summed E-state index contributed by atoms with van der Waals surface area (Å²) in [5.41, 5.74) is 0.198. The molecule has 0 bridgehead atoms. The molecule has 1 aliphatic rings. The number of rotatable bonds is 4. The molecule has 0 spiro atoms. The number of carbonyl (C=O) groups is 1. The Hall–Kier alpha value is -1.72. The minimum Gasteiger partial charge on any atom is -0.297 e. The fourth-order valence-corrected chi connectivity index (χ4v) is 9.68. The van der Waals surface area contributed by atoms with Gasteiger partial charge in [0.15, 0.2) is 20.4 Å². The summed E-state index contributed by atoms with van der Waals surface area (Å²) >= 11 is 0. The first-order chi connectivity index (χ1) is 10.7. The van der Waals surface area contributed by atoms with Gasteiger partial charge in [-0.25, -0.2) is 8.42 Å². The minimum absolute atomic E-state index is 0.147. The van der Waals surface area contributed by atoms with Gasteiger partial charge in [0.25, 0.3) is 0 Å². The predicted molar refractivity (Wildman–Crippen MR) is 93.9 cm³/mol. The molecule has 0 radical (unpaired) electrons. The molecule has 0 aliphatic heterocycles. The third-order valence-electron chi connectivity index (χ3n) is 4.50. The van der Waals surface area contributed by atoms with Crippen LogP contribution in [0.3, 0.4) is 0 Å². The summed E-state index contributed by atoms with van der Waals surface area (Å²) in [5.74, 6) is -0.147. The summed E-state index contributed by atoms with van der Waals surface area (Å²) in [6.45, 7) is 6.17. The smallest absolute Gasteiger partial charge is 0.195 e. The molecule has 23 heavy (non-hydrogen) atoms. The largest absolute Gasteiger partial charge is 0.297 e. The summed E-state index contributed by atoms with van der Waals surface area (Å²) in [4.78, 5) is 13.1. The Morgan fingerprint density at radius 3 is 1.78 bits per heavy atom. The Morgan fingerprint density at radius 1 is 0.870 bits per heavy atom. The van der Waals surface area contributed by atoms with E-state index in [0.717, 1.165) is 0 Å². The van der Waals surface area contributed by atoms with Crippen LogP contribution >= 0.6 is 0 Å². The van der Waals surface area contributed by atoms with E-state index in [9.17, 15) is 13.2 Å². The highest BCUT2D eigenvalue weighted by Gasteiger charge is 2.77. The van der Waals surface area contributed by atoms with Gasteiger partial charge in [0.2, 0.25) is 0 Å². The Kier molecular flexibility index (Phi) is 3.61. The lowest BCUT2D eigenvalue weighted by Gasteiger charge is -2.22. The second-order valence-corrected chi connectivity index (χ2v) is 14.5. The molecule has 0 saturated heterocycles. The summed E-state index contributed by atoms with van der Waals surface area (Å²) in [6, 6.07) is 17.3. The van der Waals surface area contributed by atoms with Crippen LogP contribution in [0.5, 0.6) is 0 Å². The van der Waals surface area contributed by atoms with Crippen molar-refractivity contribution in [3.05, 3.63) is 66.2 Å². The average Bonchev–Trinajstić information content (AvgIpc) is 3.17. The van der Waals surface area contributed by atoms with Crippen LogP contribution in [0.1, 0.15) is 5.56 Å². The van der Waals surface area contributed by atoms with E-state index in [1.807, 2.05) is 6.07 Å². The summed E-state index contributed by atoms with van der Waals surface area (Å²) in [5, 5.41) is 0. The highest BCUT2D eigenvalue weighted by atomic mass is 32.2. The van der Waals surface area contributed by atoms with Gasteiger partial charge in [0, 0.05) is 5.54 Å². The van der Waals surface area contributed by atoms with Crippen LogP contribution < -0.4 is 0 Å². The topological polar surface area (TPSA) is 51.2 Å². The Balaban J connectivity index is 2.27. The highest BCUT2D eigenvalue weighted by molar-refractivity contribution is 7.94. The van der Waals surface area contributed by atoms with Crippen LogP contribution in [0.2, 0.25) is 25.2 Å². The number of carbonyl (C=O) groups excluding carboxylic acids is 1. The van der Waals surface area contributed by atoms with Crippen molar-refractivity contribution in [1.29, 1.82) is 0 Å². The van der Waals surface area contributed by atoms with Crippen LogP contribution in [0, 0.1) is 0 Å². The molecule has 3 nitrogen and oxygen atoms in total. The molecule has 0 amide bonds. The normalized spacial score (nSPS) is 24.5. The number of hydrogen-bond donors (Lipinski definition) is 0. The number of Topliss-reactive ketones (excluding diaryl/α,β-unsaturated/α-hetero) is 1. The number of sulfone groups is 1. The van der Waals surface area contributed by atoms with Gasteiger partial charge >= 0.3 is 0 Å². The van der Waals surface area contributed by atoms with Crippen LogP contribution in [0.4, 0.5) is 0 Å². The zero-order valence-electron chi connectivity index (χ0n) is 13.5. The Bertz CT molecular complexity index is 839. The molecule has 2 atom stereocenters. The van der Waals surface area contributed by atoms with Crippen molar-refractivity contribution in [2.75, 3.05) is 0 Å². The molecule has 0 N–H and O–H groups in total. The zero-order valence-corrected chi connectivity index (χ0v) is 15.3. The van der Waals surface area contributed by atoms with E-state index >= 15 is 0 Å². The summed E-state index contributed by atoms with van der Waals surface area (Å²) in [7, 11) is -5.75. The average molecular weight is 345 g/mol. The summed E-state index contributed by atoms with van der Waals surface area (Å²) in [6.07, 6.45) is 0. The first-order valence-electron chi connectivity index (χ1n) is 7.63. The van der Waals surface area contributed by atoms with E-state index in [1.54, 1.807) is 54.6 Å². The van der Waals surface area contributed by atoms with Gasteiger partial charge in [-0.2, -0.15) is 0 Å². The van der Waals surface area contributed by atoms with E-state index in [2.05, 4.69) is 19.6 Å². The molecule has 0 aromatic heterocycles. The van der Waals surface area contributed by atoms with Crippen molar-refractivity contribution in [1.82, 2.24) is 0 Å². The maximum Gasteiger partial charge on any atom is 0.195 e. The predicted octanol–water partition coefficient (Wildman–Crippen LogP) is 3.65. The van der Waals surface area contributed by atoms with Gasteiger partial charge in [0.05, 0.1) is 13.0 Å². The van der Waals surface area contributed by atoms with Gasteiger partial charge in [-0.3, -0.25) is 4.79 Å². The van der Waals surface area contributed by atoms with Gasteiger partial charge in [-0.1, -0.05) is 68.2 Å². The molecule has 2 aromatic carbocycles. The number of ketones is 1. The van der Waals surface area contributed by atoms with Crippen LogP contribution in [-0.4, -0.2) is 22.3 Å². The third kappa shape index (κ3) is 2.22. The first-order valence-corrected chi connectivity index (χ1v) is 12.7. The van der Waals surface area contributed by atoms with Crippen molar-refractivity contribution < 1.29 is 13.2 Å².